The SMILES string of the molecule is O=C(OCCC1CCCCC1)c1cc(S(=O)(=O)O)c(Cl)cc1Cl. The van der Waals surface area contributed by atoms with Gasteiger partial charge in [-0.3, -0.25) is 4.55 Å². The zero-order valence-corrected chi connectivity index (χ0v) is 14.8. The Morgan fingerprint density at radius 2 is 1.83 bits per heavy atom. The lowest BCUT2D eigenvalue weighted by Crippen LogP contribution is -2.13. The van der Waals surface area contributed by atoms with Crippen LogP contribution in [0.2, 0.25) is 10.0 Å². The van der Waals surface area contributed by atoms with Crippen molar-refractivity contribution in [3.05, 3.63) is 27.7 Å². The Kier molecular flexibility index (Phi) is 6.31. The molecule has 5 nitrogen and oxygen atoms in total. The lowest BCUT2D eigenvalue weighted by atomic mass is 9.87. The van der Waals surface area contributed by atoms with E-state index in [0.29, 0.717) is 5.92 Å². The molecule has 8 heteroatoms. The fraction of sp³-hybridized carbons (Fsp3) is 0.533. The minimum Gasteiger partial charge on any atom is -0.462 e. The fourth-order valence-electron chi connectivity index (χ4n) is 2.76. The van der Waals surface area contributed by atoms with Gasteiger partial charge in [-0.2, -0.15) is 8.42 Å². The molecule has 0 unspecified atom stereocenters. The highest BCUT2D eigenvalue weighted by Gasteiger charge is 2.22. The topological polar surface area (TPSA) is 80.7 Å². The first-order valence-electron chi connectivity index (χ1n) is 7.42. The molecular weight excluding hydrogens is 363 g/mol. The second kappa shape index (κ2) is 7.83. The van der Waals surface area contributed by atoms with Crippen LogP contribution in [0.1, 0.15) is 48.9 Å². The molecule has 0 bridgehead atoms. The summed E-state index contributed by atoms with van der Waals surface area (Å²) in [5.41, 5.74) is -0.132. The minimum atomic E-state index is -4.54. The maximum absolute atomic E-state index is 12.1. The monoisotopic (exact) mass is 380 g/mol. The van der Waals surface area contributed by atoms with Crippen molar-refractivity contribution in [3.63, 3.8) is 0 Å². The van der Waals surface area contributed by atoms with Crippen molar-refractivity contribution in [2.24, 2.45) is 5.92 Å². The first-order chi connectivity index (χ1) is 10.8. The highest BCUT2D eigenvalue weighted by atomic mass is 35.5. The number of benzene rings is 1. The summed E-state index contributed by atoms with van der Waals surface area (Å²) in [6.45, 7) is 0.254. The van der Waals surface area contributed by atoms with Crippen molar-refractivity contribution in [1.82, 2.24) is 0 Å². The molecule has 1 aromatic rings. The van der Waals surface area contributed by atoms with E-state index >= 15 is 0 Å². The third-order valence-electron chi connectivity index (χ3n) is 4.00. The standard InChI is InChI=1S/C15H18Cl2O5S/c16-12-9-13(17)14(23(19,20)21)8-11(12)15(18)22-7-6-10-4-2-1-3-5-10/h8-10H,1-7H2,(H,19,20,21). The van der Waals surface area contributed by atoms with Crippen LogP contribution in [0.4, 0.5) is 0 Å². The van der Waals surface area contributed by atoms with E-state index in [9.17, 15) is 13.2 Å². The highest BCUT2D eigenvalue weighted by molar-refractivity contribution is 7.86. The van der Waals surface area contributed by atoms with E-state index in [0.717, 1.165) is 31.4 Å². The van der Waals surface area contributed by atoms with Crippen LogP contribution in [-0.2, 0) is 14.9 Å². The Morgan fingerprint density at radius 3 is 2.43 bits per heavy atom. The summed E-state index contributed by atoms with van der Waals surface area (Å²) in [5, 5.41) is -0.277. The molecule has 1 aliphatic rings. The van der Waals surface area contributed by atoms with Gasteiger partial charge in [-0.05, 0) is 24.5 Å². The Hall–Kier alpha value is -0.820. The first-order valence-corrected chi connectivity index (χ1v) is 9.62. The average Bonchev–Trinajstić information content (AvgIpc) is 2.46. The normalized spacial score (nSPS) is 16.3. The van der Waals surface area contributed by atoms with Gasteiger partial charge in [0.25, 0.3) is 10.1 Å². The van der Waals surface area contributed by atoms with Crippen LogP contribution in [-0.4, -0.2) is 25.5 Å². The van der Waals surface area contributed by atoms with Gasteiger partial charge in [-0.15, -0.1) is 0 Å². The number of esters is 1. The van der Waals surface area contributed by atoms with E-state index in [-0.39, 0.29) is 22.2 Å². The molecule has 0 aromatic heterocycles. The Balaban J connectivity index is 2.04. The first kappa shape index (κ1) is 18.5. The maximum atomic E-state index is 12.1. The van der Waals surface area contributed by atoms with E-state index in [1.807, 2.05) is 0 Å². The quantitative estimate of drug-likeness (QED) is 0.605. The summed E-state index contributed by atoms with van der Waals surface area (Å²) in [4.78, 5) is 11.5. The summed E-state index contributed by atoms with van der Waals surface area (Å²) >= 11 is 11.6. The predicted octanol–water partition coefficient (Wildman–Crippen LogP) is 4.37. The molecule has 23 heavy (non-hydrogen) atoms. The summed E-state index contributed by atoms with van der Waals surface area (Å²) in [5.74, 6) is -0.169. The fourth-order valence-corrected chi connectivity index (χ4v) is 4.08. The molecule has 1 N–H and O–H groups in total. The number of hydrogen-bond acceptors (Lipinski definition) is 4. The summed E-state index contributed by atoms with van der Waals surface area (Å²) in [6, 6.07) is 2.03. The van der Waals surface area contributed by atoms with Crippen molar-refractivity contribution in [2.75, 3.05) is 6.61 Å². The third-order valence-corrected chi connectivity index (χ3v) is 5.63. The van der Waals surface area contributed by atoms with Crippen LogP contribution in [0.5, 0.6) is 0 Å². The van der Waals surface area contributed by atoms with Gasteiger partial charge in [0.15, 0.2) is 0 Å². The molecule has 0 saturated heterocycles. The van der Waals surface area contributed by atoms with Gasteiger partial charge in [0, 0.05) is 0 Å². The van der Waals surface area contributed by atoms with Gasteiger partial charge in [0.2, 0.25) is 0 Å². The van der Waals surface area contributed by atoms with E-state index in [1.165, 1.54) is 19.3 Å². The number of rotatable bonds is 5. The van der Waals surface area contributed by atoms with Crippen molar-refractivity contribution in [2.45, 2.75) is 43.4 Å². The smallest absolute Gasteiger partial charge is 0.339 e. The molecule has 2 rings (SSSR count). The van der Waals surface area contributed by atoms with Gasteiger partial charge >= 0.3 is 5.97 Å². The van der Waals surface area contributed by atoms with Crippen molar-refractivity contribution in [1.29, 1.82) is 0 Å². The molecule has 1 fully saturated rings. The summed E-state index contributed by atoms with van der Waals surface area (Å²) in [7, 11) is -4.54. The zero-order chi connectivity index (χ0) is 17.0. The molecule has 0 aliphatic heterocycles. The van der Waals surface area contributed by atoms with Gasteiger partial charge < -0.3 is 4.74 Å². The number of carbonyl (C=O) groups excluding carboxylic acids is 1. The molecule has 0 radical (unpaired) electrons. The maximum Gasteiger partial charge on any atom is 0.339 e. The predicted molar refractivity (Wildman–Crippen MR) is 87.8 cm³/mol. The molecule has 1 aromatic carbocycles. The molecule has 128 valence electrons. The molecule has 1 aliphatic carbocycles. The molecular formula is C15H18Cl2O5S. The van der Waals surface area contributed by atoms with Crippen LogP contribution in [0.3, 0.4) is 0 Å². The average molecular weight is 381 g/mol. The summed E-state index contributed by atoms with van der Waals surface area (Å²) in [6.07, 6.45) is 6.74. The van der Waals surface area contributed by atoms with Gasteiger partial charge in [-0.25, -0.2) is 4.79 Å². The number of hydrogen-bond donors (Lipinski definition) is 1. The van der Waals surface area contributed by atoms with Crippen molar-refractivity contribution >= 4 is 39.3 Å². The highest BCUT2D eigenvalue weighted by Crippen LogP contribution is 2.30. The molecule has 0 heterocycles. The van der Waals surface area contributed by atoms with Gasteiger partial charge in [0.05, 0.1) is 22.2 Å². The second-order valence-electron chi connectivity index (χ2n) is 5.67. The van der Waals surface area contributed by atoms with E-state index in [1.54, 1.807) is 0 Å². The van der Waals surface area contributed by atoms with Crippen molar-refractivity contribution in [3.8, 4) is 0 Å². The minimum absolute atomic E-state index is 0.0231. The Morgan fingerprint density at radius 1 is 1.17 bits per heavy atom. The zero-order valence-electron chi connectivity index (χ0n) is 12.4. The van der Waals surface area contributed by atoms with E-state index < -0.39 is 21.0 Å². The number of halogens is 2. The molecule has 1 saturated carbocycles. The van der Waals surface area contributed by atoms with Crippen LogP contribution in [0, 0.1) is 5.92 Å². The van der Waals surface area contributed by atoms with Gasteiger partial charge in [0.1, 0.15) is 4.90 Å². The van der Waals surface area contributed by atoms with Gasteiger partial charge in [-0.1, -0.05) is 55.3 Å². The number of ether oxygens (including phenoxy) is 1. The molecule has 0 amide bonds. The van der Waals surface area contributed by atoms with Crippen LogP contribution >= 0.6 is 23.2 Å². The molecule has 0 atom stereocenters. The van der Waals surface area contributed by atoms with Crippen LogP contribution < -0.4 is 0 Å². The number of carbonyl (C=O) groups is 1. The van der Waals surface area contributed by atoms with Crippen molar-refractivity contribution < 1.29 is 22.5 Å². The lowest BCUT2D eigenvalue weighted by Gasteiger charge is -2.21. The summed E-state index contributed by atoms with van der Waals surface area (Å²) < 4.78 is 36.8. The lowest BCUT2D eigenvalue weighted by molar-refractivity contribution is 0.0475. The Labute approximate surface area is 145 Å². The molecule has 0 spiro atoms. The van der Waals surface area contributed by atoms with E-state index in [2.05, 4.69) is 0 Å². The van der Waals surface area contributed by atoms with Crippen LogP contribution in [0.15, 0.2) is 17.0 Å². The largest absolute Gasteiger partial charge is 0.462 e. The Bertz CT molecular complexity index is 681. The van der Waals surface area contributed by atoms with E-state index in [4.69, 9.17) is 32.5 Å². The van der Waals surface area contributed by atoms with Crippen LogP contribution in [0.25, 0.3) is 0 Å². The second-order valence-corrected chi connectivity index (χ2v) is 7.87. The third kappa shape index (κ3) is 5.08.